The summed E-state index contributed by atoms with van der Waals surface area (Å²) in [4.78, 5) is 20.7. The molecule has 39 heavy (non-hydrogen) atoms. The number of hydrogen-bond acceptors (Lipinski definition) is 3. The molecule has 5 rings (SSSR count). The van der Waals surface area contributed by atoms with E-state index in [2.05, 4.69) is 64.9 Å². The molecule has 3 aromatic carbocycles. The zero-order chi connectivity index (χ0) is 27.5. The Morgan fingerprint density at radius 3 is 2.05 bits per heavy atom. The van der Waals surface area contributed by atoms with Crippen molar-refractivity contribution in [3.05, 3.63) is 105 Å². The van der Waals surface area contributed by atoms with Crippen molar-refractivity contribution in [3.8, 4) is 0 Å². The third-order valence-electron chi connectivity index (χ3n) is 8.95. The molecule has 4 nitrogen and oxygen atoms in total. The summed E-state index contributed by atoms with van der Waals surface area (Å²) in [5.41, 5.74) is 7.05. The number of likely N-dealkylation sites (tertiary alicyclic amines) is 1. The lowest BCUT2D eigenvalue weighted by atomic mass is 9.96. The molecule has 0 radical (unpaired) electrons. The average Bonchev–Trinajstić information content (AvgIpc) is 2.94. The van der Waals surface area contributed by atoms with Crippen LogP contribution < -0.4 is 0 Å². The normalized spacial score (nSPS) is 20.2. The van der Waals surface area contributed by atoms with Crippen LogP contribution in [0.4, 0.5) is 0 Å². The van der Waals surface area contributed by atoms with Gasteiger partial charge in [0.2, 0.25) is 0 Å². The fourth-order valence-electron chi connectivity index (χ4n) is 6.59. The van der Waals surface area contributed by atoms with E-state index in [0.717, 1.165) is 73.7 Å². The zero-order valence-electron chi connectivity index (χ0n) is 23.9. The predicted molar refractivity (Wildman–Crippen MR) is 162 cm³/mol. The van der Waals surface area contributed by atoms with E-state index < -0.39 is 0 Å². The highest BCUT2D eigenvalue weighted by molar-refractivity contribution is 6.30. The highest BCUT2D eigenvalue weighted by atomic mass is 35.5. The van der Waals surface area contributed by atoms with Crippen molar-refractivity contribution in [2.24, 2.45) is 0 Å². The predicted octanol–water partition coefficient (Wildman–Crippen LogP) is 6.92. The maximum atomic E-state index is 13.3. The molecule has 0 N–H and O–H groups in total. The first kappa shape index (κ1) is 27.9. The van der Waals surface area contributed by atoms with Gasteiger partial charge in [-0.05, 0) is 86.9 Å². The van der Waals surface area contributed by atoms with Crippen LogP contribution in [0.1, 0.15) is 70.9 Å². The molecule has 2 aliphatic rings. The van der Waals surface area contributed by atoms with Crippen LogP contribution in [-0.2, 0) is 6.42 Å². The SMILES string of the molecule is Cc1cccc(C)c1C(=O)N1CCC(N2CCN(C(C)c3ccc(Cc4ccc(Cl)cc4)cc3)C(C)C2)CC1. The van der Waals surface area contributed by atoms with Crippen molar-refractivity contribution >= 4 is 17.5 Å². The molecule has 0 aliphatic carbocycles. The maximum Gasteiger partial charge on any atom is 0.254 e. The van der Waals surface area contributed by atoms with Gasteiger partial charge in [0.25, 0.3) is 5.91 Å². The molecule has 2 aliphatic heterocycles. The standard InChI is InChI=1S/C34H42ClN3O/c1-24-6-5-7-25(2)33(24)34(39)36-18-16-32(17-19-36)37-20-21-38(26(3)23-37)27(4)30-12-8-28(9-13-30)22-29-10-14-31(35)15-11-29/h5-15,26-27,32H,16-23H2,1-4H3. The van der Waals surface area contributed by atoms with Gasteiger partial charge in [-0.2, -0.15) is 0 Å². The van der Waals surface area contributed by atoms with E-state index in [-0.39, 0.29) is 5.91 Å². The molecule has 3 aromatic rings. The van der Waals surface area contributed by atoms with Gasteiger partial charge < -0.3 is 4.90 Å². The second kappa shape index (κ2) is 12.2. The van der Waals surface area contributed by atoms with Crippen LogP contribution in [0.3, 0.4) is 0 Å². The number of amides is 1. The number of aryl methyl sites for hydroxylation is 2. The molecule has 0 aromatic heterocycles. The van der Waals surface area contributed by atoms with Gasteiger partial charge in [0.05, 0.1) is 0 Å². The molecule has 0 spiro atoms. The highest BCUT2D eigenvalue weighted by Gasteiger charge is 2.34. The lowest BCUT2D eigenvalue weighted by Crippen LogP contribution is -2.57. The van der Waals surface area contributed by atoms with Crippen molar-refractivity contribution in [2.75, 3.05) is 32.7 Å². The van der Waals surface area contributed by atoms with E-state index in [0.29, 0.717) is 18.1 Å². The number of halogens is 1. The Hall–Kier alpha value is -2.66. The van der Waals surface area contributed by atoms with E-state index in [1.54, 1.807) is 0 Å². The second-order valence-electron chi connectivity index (χ2n) is 11.6. The maximum absolute atomic E-state index is 13.3. The van der Waals surface area contributed by atoms with Gasteiger partial charge in [-0.25, -0.2) is 0 Å². The summed E-state index contributed by atoms with van der Waals surface area (Å²) < 4.78 is 0. The molecule has 2 heterocycles. The Morgan fingerprint density at radius 2 is 1.46 bits per heavy atom. The van der Waals surface area contributed by atoms with Gasteiger partial charge in [0.15, 0.2) is 0 Å². The Bertz CT molecular complexity index is 1240. The summed E-state index contributed by atoms with van der Waals surface area (Å²) in [5, 5.41) is 0.783. The van der Waals surface area contributed by atoms with E-state index in [9.17, 15) is 4.79 Å². The number of hydrogen-bond donors (Lipinski definition) is 0. The minimum absolute atomic E-state index is 0.204. The smallest absolute Gasteiger partial charge is 0.254 e. The van der Waals surface area contributed by atoms with Crippen LogP contribution in [0.2, 0.25) is 5.02 Å². The number of benzene rings is 3. The van der Waals surface area contributed by atoms with Crippen LogP contribution in [0, 0.1) is 13.8 Å². The summed E-state index contributed by atoms with van der Waals surface area (Å²) in [6.07, 6.45) is 3.05. The lowest BCUT2D eigenvalue weighted by Gasteiger charge is -2.47. The molecule has 2 fully saturated rings. The van der Waals surface area contributed by atoms with Crippen LogP contribution in [0.5, 0.6) is 0 Å². The molecule has 2 atom stereocenters. The lowest BCUT2D eigenvalue weighted by molar-refractivity contribution is 0.0135. The minimum atomic E-state index is 0.204. The van der Waals surface area contributed by atoms with Crippen LogP contribution in [-0.4, -0.2) is 65.4 Å². The van der Waals surface area contributed by atoms with Crippen molar-refractivity contribution in [3.63, 3.8) is 0 Å². The molecule has 1 amide bonds. The van der Waals surface area contributed by atoms with E-state index in [1.807, 2.05) is 44.2 Å². The number of rotatable bonds is 6. The van der Waals surface area contributed by atoms with Gasteiger partial charge in [0.1, 0.15) is 0 Å². The summed E-state index contributed by atoms with van der Waals surface area (Å²) in [6.45, 7) is 13.8. The van der Waals surface area contributed by atoms with E-state index in [1.165, 1.54) is 16.7 Å². The summed E-state index contributed by atoms with van der Waals surface area (Å²) in [6, 6.07) is 24.9. The third-order valence-corrected chi connectivity index (χ3v) is 9.21. The molecule has 2 unspecified atom stereocenters. The number of piperazine rings is 1. The highest BCUT2D eigenvalue weighted by Crippen LogP contribution is 2.29. The quantitative estimate of drug-likeness (QED) is 0.337. The molecule has 2 saturated heterocycles. The topological polar surface area (TPSA) is 26.8 Å². The minimum Gasteiger partial charge on any atom is -0.339 e. The van der Waals surface area contributed by atoms with Crippen molar-refractivity contribution in [2.45, 2.75) is 65.1 Å². The Labute approximate surface area is 239 Å². The van der Waals surface area contributed by atoms with Crippen LogP contribution in [0.25, 0.3) is 0 Å². The summed E-state index contributed by atoms with van der Waals surface area (Å²) >= 11 is 6.03. The monoisotopic (exact) mass is 543 g/mol. The number of carbonyl (C=O) groups is 1. The first-order chi connectivity index (χ1) is 18.8. The summed E-state index contributed by atoms with van der Waals surface area (Å²) in [7, 11) is 0. The van der Waals surface area contributed by atoms with Gasteiger partial charge in [-0.1, -0.05) is 66.2 Å². The number of piperidine rings is 1. The fraction of sp³-hybridized carbons (Fsp3) is 0.441. The molecule has 206 valence electrons. The first-order valence-electron chi connectivity index (χ1n) is 14.5. The molecule has 0 bridgehead atoms. The first-order valence-corrected chi connectivity index (χ1v) is 14.9. The van der Waals surface area contributed by atoms with Gasteiger partial charge in [-0.3, -0.25) is 14.6 Å². The van der Waals surface area contributed by atoms with Crippen molar-refractivity contribution in [1.82, 2.24) is 14.7 Å². The molecule has 0 saturated carbocycles. The molecular weight excluding hydrogens is 502 g/mol. The Kier molecular flexibility index (Phi) is 8.76. The fourth-order valence-corrected chi connectivity index (χ4v) is 6.72. The third kappa shape index (κ3) is 6.40. The Morgan fingerprint density at radius 1 is 0.872 bits per heavy atom. The molecule has 5 heteroatoms. The number of nitrogens with zero attached hydrogens (tertiary/aromatic N) is 3. The Balaban J connectivity index is 1.13. The van der Waals surface area contributed by atoms with Gasteiger partial charge >= 0.3 is 0 Å². The van der Waals surface area contributed by atoms with Crippen LogP contribution in [0.15, 0.2) is 66.7 Å². The van der Waals surface area contributed by atoms with Crippen molar-refractivity contribution in [1.29, 1.82) is 0 Å². The zero-order valence-corrected chi connectivity index (χ0v) is 24.6. The van der Waals surface area contributed by atoms with Crippen molar-refractivity contribution < 1.29 is 4.79 Å². The van der Waals surface area contributed by atoms with E-state index in [4.69, 9.17) is 11.6 Å². The second-order valence-corrected chi connectivity index (χ2v) is 12.0. The average molecular weight is 544 g/mol. The summed E-state index contributed by atoms with van der Waals surface area (Å²) in [5.74, 6) is 0.204. The van der Waals surface area contributed by atoms with Crippen LogP contribution >= 0.6 is 11.6 Å². The number of carbonyl (C=O) groups excluding carboxylic acids is 1. The largest absolute Gasteiger partial charge is 0.339 e. The molecular formula is C34H42ClN3O. The van der Waals surface area contributed by atoms with Gasteiger partial charge in [0, 0.05) is 61.4 Å². The van der Waals surface area contributed by atoms with Gasteiger partial charge in [-0.15, -0.1) is 0 Å². The van der Waals surface area contributed by atoms with E-state index >= 15 is 0 Å².